The topological polar surface area (TPSA) is 67.5 Å². The molecule has 66 valence electrons. The van der Waals surface area contributed by atoms with Gasteiger partial charge in [0.2, 0.25) is 0 Å². The average Bonchev–Trinajstić information content (AvgIpc) is 2.49. The van der Waals surface area contributed by atoms with Crippen molar-refractivity contribution in [3.63, 3.8) is 0 Å². The molecule has 0 bridgehead atoms. The van der Waals surface area contributed by atoms with Gasteiger partial charge in [0.05, 0.1) is 0 Å². The Morgan fingerprint density at radius 1 is 1.62 bits per heavy atom. The van der Waals surface area contributed by atoms with Gasteiger partial charge in [0.15, 0.2) is 5.69 Å². The van der Waals surface area contributed by atoms with E-state index in [2.05, 4.69) is 10.3 Å². The van der Waals surface area contributed by atoms with Gasteiger partial charge in [0.25, 0.3) is 0 Å². The van der Waals surface area contributed by atoms with Crippen molar-refractivity contribution in [3.8, 4) is 0 Å². The van der Waals surface area contributed by atoms with Crippen LogP contribution in [0.4, 0.5) is 0 Å². The van der Waals surface area contributed by atoms with Gasteiger partial charge in [0.1, 0.15) is 5.52 Å². The van der Waals surface area contributed by atoms with Gasteiger partial charge in [0, 0.05) is 6.20 Å². The zero-order valence-corrected chi connectivity index (χ0v) is 6.93. The average molecular weight is 177 g/mol. The highest BCUT2D eigenvalue weighted by atomic mass is 16.4. The maximum Gasteiger partial charge on any atom is 0.358 e. The molecule has 5 nitrogen and oxygen atoms in total. The monoisotopic (exact) mass is 177 g/mol. The molecule has 0 spiro atoms. The molecule has 0 saturated heterocycles. The highest BCUT2D eigenvalue weighted by Crippen LogP contribution is 2.12. The van der Waals surface area contributed by atoms with E-state index in [0.29, 0.717) is 5.52 Å². The first-order valence-electron chi connectivity index (χ1n) is 3.74. The van der Waals surface area contributed by atoms with Gasteiger partial charge in [-0.05, 0) is 18.6 Å². The molecule has 0 atom stereocenters. The third-order valence-electron chi connectivity index (χ3n) is 1.84. The lowest BCUT2D eigenvalue weighted by Gasteiger charge is -1.95. The molecule has 2 aromatic heterocycles. The molecular formula is C8H7N3O2. The van der Waals surface area contributed by atoms with Crippen molar-refractivity contribution in [2.24, 2.45) is 0 Å². The summed E-state index contributed by atoms with van der Waals surface area (Å²) in [4.78, 5) is 10.7. The molecule has 2 rings (SSSR count). The molecule has 0 aliphatic rings. The third kappa shape index (κ3) is 1.05. The van der Waals surface area contributed by atoms with Crippen LogP contribution >= 0.6 is 0 Å². The molecule has 0 unspecified atom stereocenters. The van der Waals surface area contributed by atoms with Crippen LogP contribution < -0.4 is 0 Å². The molecule has 1 N–H and O–H groups in total. The van der Waals surface area contributed by atoms with Crippen LogP contribution in [0, 0.1) is 6.92 Å². The van der Waals surface area contributed by atoms with Crippen LogP contribution in [0.3, 0.4) is 0 Å². The summed E-state index contributed by atoms with van der Waals surface area (Å²) in [6, 6.07) is 3.62. The van der Waals surface area contributed by atoms with Gasteiger partial charge < -0.3 is 5.11 Å². The Bertz CT molecular complexity index is 475. The van der Waals surface area contributed by atoms with E-state index in [1.807, 2.05) is 13.0 Å². The van der Waals surface area contributed by atoms with Crippen LogP contribution in [0.25, 0.3) is 5.52 Å². The molecule has 2 heterocycles. The highest BCUT2D eigenvalue weighted by Gasteiger charge is 2.14. The first-order chi connectivity index (χ1) is 6.20. The minimum atomic E-state index is -1.05. The van der Waals surface area contributed by atoms with Crippen molar-refractivity contribution in [2.75, 3.05) is 0 Å². The highest BCUT2D eigenvalue weighted by molar-refractivity contribution is 5.94. The molecular weight excluding hydrogens is 170 g/mol. The van der Waals surface area contributed by atoms with E-state index < -0.39 is 5.97 Å². The summed E-state index contributed by atoms with van der Waals surface area (Å²) in [6.07, 6.45) is 1.67. The number of aromatic carboxylic acids is 1. The summed E-state index contributed by atoms with van der Waals surface area (Å²) < 4.78 is 1.46. The quantitative estimate of drug-likeness (QED) is 0.697. The largest absolute Gasteiger partial charge is 0.476 e. The lowest BCUT2D eigenvalue weighted by Crippen LogP contribution is -1.98. The van der Waals surface area contributed by atoms with Crippen molar-refractivity contribution in [1.82, 2.24) is 14.8 Å². The Balaban J connectivity index is 2.86. The second-order valence-corrected chi connectivity index (χ2v) is 2.73. The molecule has 0 saturated carbocycles. The summed E-state index contributed by atoms with van der Waals surface area (Å²) in [5.74, 6) is -1.05. The Morgan fingerprint density at radius 3 is 3.08 bits per heavy atom. The fourth-order valence-corrected chi connectivity index (χ4v) is 1.26. The van der Waals surface area contributed by atoms with E-state index in [1.54, 1.807) is 12.3 Å². The number of aryl methyl sites for hydroxylation is 1. The summed E-state index contributed by atoms with van der Waals surface area (Å²) in [5.41, 5.74) is 1.40. The van der Waals surface area contributed by atoms with Crippen LogP contribution in [-0.2, 0) is 0 Å². The number of rotatable bonds is 1. The van der Waals surface area contributed by atoms with E-state index in [0.717, 1.165) is 5.56 Å². The number of nitrogens with zero attached hydrogens (tertiary/aromatic N) is 3. The number of hydrogen-bond donors (Lipinski definition) is 1. The number of fused-ring (bicyclic) bond motifs is 1. The predicted molar refractivity (Wildman–Crippen MR) is 44.7 cm³/mol. The smallest absolute Gasteiger partial charge is 0.358 e. The van der Waals surface area contributed by atoms with Crippen LogP contribution in [0.1, 0.15) is 16.1 Å². The van der Waals surface area contributed by atoms with Gasteiger partial charge in [-0.15, -0.1) is 5.10 Å². The zero-order valence-electron chi connectivity index (χ0n) is 6.93. The maximum absolute atomic E-state index is 10.7. The van der Waals surface area contributed by atoms with Crippen LogP contribution in [0.15, 0.2) is 18.3 Å². The molecule has 0 aliphatic heterocycles. The molecule has 0 fully saturated rings. The van der Waals surface area contributed by atoms with Gasteiger partial charge in [-0.1, -0.05) is 11.3 Å². The predicted octanol–water partition coefficient (Wildman–Crippen LogP) is 0.736. The van der Waals surface area contributed by atoms with Crippen LogP contribution in [0.2, 0.25) is 0 Å². The lowest BCUT2D eigenvalue weighted by molar-refractivity contribution is 0.0692. The zero-order chi connectivity index (χ0) is 9.42. The Kier molecular flexibility index (Phi) is 1.51. The number of carbonyl (C=O) groups is 1. The summed E-state index contributed by atoms with van der Waals surface area (Å²) in [7, 11) is 0. The van der Waals surface area contributed by atoms with E-state index in [9.17, 15) is 4.79 Å². The normalized spacial score (nSPS) is 10.5. The Hall–Kier alpha value is -1.91. The lowest BCUT2D eigenvalue weighted by atomic mass is 10.2. The second kappa shape index (κ2) is 2.55. The number of hydrogen-bond acceptors (Lipinski definition) is 3. The Labute approximate surface area is 73.6 Å². The SMILES string of the molecule is Cc1cccn2nnc(C(=O)O)c12. The van der Waals surface area contributed by atoms with Crippen LogP contribution in [0.5, 0.6) is 0 Å². The summed E-state index contributed by atoms with van der Waals surface area (Å²) >= 11 is 0. The summed E-state index contributed by atoms with van der Waals surface area (Å²) in [5, 5.41) is 16.0. The first kappa shape index (κ1) is 7.72. The van der Waals surface area contributed by atoms with Crippen molar-refractivity contribution in [1.29, 1.82) is 0 Å². The Morgan fingerprint density at radius 2 is 2.38 bits per heavy atom. The number of pyridine rings is 1. The number of carboxylic acids is 1. The van der Waals surface area contributed by atoms with E-state index in [4.69, 9.17) is 5.11 Å². The third-order valence-corrected chi connectivity index (χ3v) is 1.84. The van der Waals surface area contributed by atoms with Gasteiger partial charge in [-0.3, -0.25) is 0 Å². The first-order valence-corrected chi connectivity index (χ1v) is 3.74. The van der Waals surface area contributed by atoms with Gasteiger partial charge >= 0.3 is 5.97 Å². The van der Waals surface area contributed by atoms with Gasteiger partial charge in [-0.2, -0.15) is 0 Å². The molecule has 0 radical (unpaired) electrons. The molecule has 2 aromatic rings. The van der Waals surface area contributed by atoms with E-state index in [1.165, 1.54) is 4.52 Å². The van der Waals surface area contributed by atoms with Crippen molar-refractivity contribution >= 4 is 11.5 Å². The molecule has 5 heteroatoms. The van der Waals surface area contributed by atoms with Crippen molar-refractivity contribution in [2.45, 2.75) is 6.92 Å². The fraction of sp³-hybridized carbons (Fsp3) is 0.125. The van der Waals surface area contributed by atoms with E-state index >= 15 is 0 Å². The second-order valence-electron chi connectivity index (χ2n) is 2.73. The maximum atomic E-state index is 10.7. The molecule has 0 aromatic carbocycles. The molecule has 13 heavy (non-hydrogen) atoms. The fourth-order valence-electron chi connectivity index (χ4n) is 1.26. The van der Waals surface area contributed by atoms with Crippen LogP contribution in [-0.4, -0.2) is 25.9 Å². The standard InChI is InChI=1S/C8H7N3O2/c1-5-3-2-4-11-7(5)6(8(12)13)9-10-11/h2-4H,1H3,(H,12,13). The number of aromatic nitrogens is 3. The van der Waals surface area contributed by atoms with E-state index in [-0.39, 0.29) is 5.69 Å². The minimum Gasteiger partial charge on any atom is -0.476 e. The number of carboxylic acid groups (broad SMARTS) is 1. The van der Waals surface area contributed by atoms with Crippen molar-refractivity contribution < 1.29 is 9.90 Å². The minimum absolute atomic E-state index is 0.00176. The molecule has 0 amide bonds. The van der Waals surface area contributed by atoms with Crippen molar-refractivity contribution in [3.05, 3.63) is 29.6 Å². The molecule has 0 aliphatic carbocycles. The van der Waals surface area contributed by atoms with Gasteiger partial charge in [-0.25, -0.2) is 9.31 Å². The summed E-state index contributed by atoms with van der Waals surface area (Å²) in [6.45, 7) is 1.82.